The summed E-state index contributed by atoms with van der Waals surface area (Å²) in [6.07, 6.45) is 1.27. The minimum atomic E-state index is -0.707. The van der Waals surface area contributed by atoms with E-state index in [0.717, 1.165) is 18.4 Å². The molecule has 1 aliphatic carbocycles. The van der Waals surface area contributed by atoms with Gasteiger partial charge in [0.05, 0.1) is 11.5 Å². The van der Waals surface area contributed by atoms with E-state index in [-0.39, 0.29) is 11.7 Å². The van der Waals surface area contributed by atoms with Crippen LogP contribution in [0.4, 0.5) is 0 Å². The van der Waals surface area contributed by atoms with Gasteiger partial charge in [0.1, 0.15) is 5.78 Å². The van der Waals surface area contributed by atoms with Gasteiger partial charge in [-0.3, -0.25) is 4.79 Å². The first-order valence-electron chi connectivity index (χ1n) is 5.81. The second-order valence-corrected chi connectivity index (χ2v) is 5.17. The van der Waals surface area contributed by atoms with Gasteiger partial charge in [-0.1, -0.05) is 44.2 Å². The standard InChI is InChI=1S/C14H18O2/c1-14(2,13(16)11-8-9-11)12(15)10-6-4-3-5-7-10/h3-7,11-12,15H,8-9H2,1-2H3. The number of rotatable bonds is 4. The molecule has 1 aliphatic rings. The number of benzene rings is 1. The van der Waals surface area contributed by atoms with Crippen molar-refractivity contribution in [3.63, 3.8) is 0 Å². The van der Waals surface area contributed by atoms with Crippen LogP contribution in [0.25, 0.3) is 0 Å². The second-order valence-electron chi connectivity index (χ2n) is 5.17. The summed E-state index contributed by atoms with van der Waals surface area (Å²) in [5, 5.41) is 10.3. The fraction of sp³-hybridized carbons (Fsp3) is 0.500. The minimum Gasteiger partial charge on any atom is -0.387 e. The summed E-state index contributed by atoms with van der Waals surface area (Å²) in [4.78, 5) is 12.1. The Kier molecular flexibility index (Phi) is 2.85. The molecule has 2 heteroatoms. The summed E-state index contributed by atoms with van der Waals surface area (Å²) >= 11 is 0. The van der Waals surface area contributed by atoms with E-state index in [1.54, 1.807) is 0 Å². The van der Waals surface area contributed by atoms with Gasteiger partial charge in [-0.25, -0.2) is 0 Å². The molecule has 16 heavy (non-hydrogen) atoms. The van der Waals surface area contributed by atoms with Gasteiger partial charge in [-0.05, 0) is 18.4 Å². The zero-order chi connectivity index (χ0) is 11.8. The Morgan fingerprint density at radius 1 is 1.31 bits per heavy atom. The van der Waals surface area contributed by atoms with E-state index in [1.165, 1.54) is 0 Å². The van der Waals surface area contributed by atoms with Gasteiger partial charge in [0.2, 0.25) is 0 Å². The van der Waals surface area contributed by atoms with Gasteiger partial charge in [-0.2, -0.15) is 0 Å². The number of Topliss-reactive ketones (excluding diaryl/α,β-unsaturated/α-hetero) is 1. The molecule has 1 fully saturated rings. The highest BCUT2D eigenvalue weighted by Crippen LogP contribution is 2.42. The molecule has 0 amide bonds. The van der Waals surface area contributed by atoms with E-state index in [9.17, 15) is 9.90 Å². The number of aliphatic hydroxyl groups is 1. The van der Waals surface area contributed by atoms with E-state index in [4.69, 9.17) is 0 Å². The third-order valence-corrected chi connectivity index (χ3v) is 3.38. The monoisotopic (exact) mass is 218 g/mol. The first-order chi connectivity index (χ1) is 7.53. The lowest BCUT2D eigenvalue weighted by atomic mass is 9.77. The first-order valence-corrected chi connectivity index (χ1v) is 5.81. The van der Waals surface area contributed by atoms with Crippen molar-refractivity contribution >= 4 is 5.78 Å². The number of hydrogen-bond donors (Lipinski definition) is 1. The normalized spacial score (nSPS) is 18.2. The van der Waals surface area contributed by atoms with Crippen molar-refractivity contribution in [1.29, 1.82) is 0 Å². The molecule has 1 atom stereocenters. The number of carbonyl (C=O) groups is 1. The number of hydrogen-bond acceptors (Lipinski definition) is 2. The molecule has 0 heterocycles. The predicted octanol–water partition coefficient (Wildman–Crippen LogP) is 2.73. The van der Waals surface area contributed by atoms with Crippen molar-refractivity contribution in [2.75, 3.05) is 0 Å². The molecule has 0 aromatic heterocycles. The molecular formula is C14H18O2. The molecule has 1 N–H and O–H groups in total. The van der Waals surface area contributed by atoms with Crippen LogP contribution >= 0.6 is 0 Å². The molecule has 1 aromatic rings. The largest absolute Gasteiger partial charge is 0.387 e. The molecule has 2 rings (SSSR count). The molecule has 86 valence electrons. The smallest absolute Gasteiger partial charge is 0.144 e. The van der Waals surface area contributed by atoms with Crippen LogP contribution < -0.4 is 0 Å². The van der Waals surface area contributed by atoms with Crippen LogP contribution in [0.1, 0.15) is 38.4 Å². The van der Waals surface area contributed by atoms with E-state index in [2.05, 4.69) is 0 Å². The molecule has 1 unspecified atom stereocenters. The lowest BCUT2D eigenvalue weighted by Crippen LogP contribution is -2.32. The average molecular weight is 218 g/mol. The van der Waals surface area contributed by atoms with Crippen LogP contribution in [-0.4, -0.2) is 10.9 Å². The number of carbonyl (C=O) groups excluding carboxylic acids is 1. The zero-order valence-corrected chi connectivity index (χ0v) is 9.81. The summed E-state index contributed by atoms with van der Waals surface area (Å²) in [6, 6.07) is 9.41. The second kappa shape index (κ2) is 4.02. The maximum atomic E-state index is 12.1. The summed E-state index contributed by atoms with van der Waals surface area (Å²) in [7, 11) is 0. The summed E-state index contributed by atoms with van der Waals surface area (Å²) in [5.74, 6) is 0.386. The van der Waals surface area contributed by atoms with Crippen LogP contribution in [0.3, 0.4) is 0 Å². The van der Waals surface area contributed by atoms with Crippen LogP contribution in [0.15, 0.2) is 30.3 Å². The molecule has 0 aliphatic heterocycles. The van der Waals surface area contributed by atoms with Gasteiger partial charge in [0, 0.05) is 5.92 Å². The molecule has 1 saturated carbocycles. The van der Waals surface area contributed by atoms with Gasteiger partial charge in [-0.15, -0.1) is 0 Å². The Morgan fingerprint density at radius 2 is 1.88 bits per heavy atom. The van der Waals surface area contributed by atoms with E-state index < -0.39 is 11.5 Å². The van der Waals surface area contributed by atoms with E-state index >= 15 is 0 Å². The molecule has 2 nitrogen and oxygen atoms in total. The Labute approximate surface area is 96.3 Å². The fourth-order valence-corrected chi connectivity index (χ4v) is 2.06. The van der Waals surface area contributed by atoms with E-state index in [0.29, 0.717) is 0 Å². The number of aliphatic hydroxyl groups excluding tert-OH is 1. The van der Waals surface area contributed by atoms with Gasteiger partial charge in [0.15, 0.2) is 0 Å². The molecular weight excluding hydrogens is 200 g/mol. The minimum absolute atomic E-state index is 0.188. The highest BCUT2D eigenvalue weighted by Gasteiger charge is 2.44. The topological polar surface area (TPSA) is 37.3 Å². The lowest BCUT2D eigenvalue weighted by molar-refractivity contribution is -0.134. The van der Waals surface area contributed by atoms with Crippen LogP contribution in [0, 0.1) is 11.3 Å². The molecule has 0 bridgehead atoms. The third-order valence-electron chi connectivity index (χ3n) is 3.38. The van der Waals surface area contributed by atoms with Crippen molar-refractivity contribution in [3.05, 3.63) is 35.9 Å². The summed E-state index contributed by atoms with van der Waals surface area (Å²) in [5.41, 5.74) is 0.143. The van der Waals surface area contributed by atoms with Crippen molar-refractivity contribution < 1.29 is 9.90 Å². The maximum absolute atomic E-state index is 12.1. The average Bonchev–Trinajstić information content (AvgIpc) is 3.12. The fourth-order valence-electron chi connectivity index (χ4n) is 2.06. The van der Waals surface area contributed by atoms with Gasteiger partial charge >= 0.3 is 0 Å². The van der Waals surface area contributed by atoms with Crippen molar-refractivity contribution in [1.82, 2.24) is 0 Å². The highest BCUT2D eigenvalue weighted by atomic mass is 16.3. The highest BCUT2D eigenvalue weighted by molar-refractivity contribution is 5.88. The lowest BCUT2D eigenvalue weighted by Gasteiger charge is -2.29. The van der Waals surface area contributed by atoms with Crippen molar-refractivity contribution in [3.8, 4) is 0 Å². The summed E-state index contributed by atoms with van der Waals surface area (Å²) in [6.45, 7) is 3.68. The third kappa shape index (κ3) is 2.03. The Bertz CT molecular complexity index is 377. The first kappa shape index (κ1) is 11.3. The van der Waals surface area contributed by atoms with E-state index in [1.807, 2.05) is 44.2 Å². The quantitative estimate of drug-likeness (QED) is 0.843. The van der Waals surface area contributed by atoms with Crippen LogP contribution in [0.5, 0.6) is 0 Å². The predicted molar refractivity (Wildman–Crippen MR) is 62.9 cm³/mol. The molecule has 0 radical (unpaired) electrons. The summed E-state index contributed by atoms with van der Waals surface area (Å²) < 4.78 is 0. The molecule has 1 aromatic carbocycles. The maximum Gasteiger partial charge on any atom is 0.144 e. The Morgan fingerprint density at radius 3 is 2.38 bits per heavy atom. The van der Waals surface area contributed by atoms with Gasteiger partial charge in [0.25, 0.3) is 0 Å². The molecule has 0 spiro atoms. The Balaban J connectivity index is 2.19. The van der Waals surface area contributed by atoms with Crippen LogP contribution in [-0.2, 0) is 4.79 Å². The SMILES string of the molecule is CC(C)(C(=O)C1CC1)C(O)c1ccccc1. The van der Waals surface area contributed by atoms with Gasteiger partial charge < -0.3 is 5.11 Å². The van der Waals surface area contributed by atoms with Crippen molar-refractivity contribution in [2.45, 2.75) is 32.8 Å². The number of ketones is 1. The van der Waals surface area contributed by atoms with Crippen molar-refractivity contribution in [2.24, 2.45) is 11.3 Å². The van der Waals surface area contributed by atoms with Crippen LogP contribution in [0.2, 0.25) is 0 Å². The molecule has 0 saturated heterocycles. The Hall–Kier alpha value is -1.15. The zero-order valence-electron chi connectivity index (χ0n) is 9.81.